The average Bonchev–Trinajstić information content (AvgIpc) is 3.15. The maximum Gasteiger partial charge on any atom is 0.303 e. The molecular formula is C16H19N5O7S. The highest BCUT2D eigenvalue weighted by Crippen LogP contribution is 2.36. The minimum absolute atomic E-state index is 0.0549. The fourth-order valence-corrected chi connectivity index (χ4v) is 3.31. The Bertz CT molecular complexity index is 1020. The summed E-state index contributed by atoms with van der Waals surface area (Å²) in [4.78, 5) is 45.5. The predicted octanol–water partition coefficient (Wildman–Crippen LogP) is 0.395. The first-order chi connectivity index (χ1) is 13.7. The number of fused-ring (bicyclic) bond motifs is 1. The minimum atomic E-state index is -1.05. The molecule has 1 fully saturated rings. The zero-order chi connectivity index (χ0) is 21.3. The molecule has 3 heterocycles. The smallest absolute Gasteiger partial charge is 0.303 e. The van der Waals surface area contributed by atoms with Gasteiger partial charge in [-0.2, -0.15) is 0 Å². The number of nitrogens with zero attached hydrogens (tertiary/aromatic N) is 3. The number of rotatable bonds is 5. The van der Waals surface area contributed by atoms with E-state index in [0.29, 0.717) is 11.2 Å². The summed E-state index contributed by atoms with van der Waals surface area (Å²) in [5.41, 5.74) is 6.47. The van der Waals surface area contributed by atoms with Gasteiger partial charge in [-0.3, -0.25) is 19.0 Å². The minimum Gasteiger partial charge on any atom is -0.463 e. The van der Waals surface area contributed by atoms with Crippen LogP contribution >= 0.6 is 12.2 Å². The standard InChI is InChI=1S/C16H19N5O7S/c1-6(22)25-4-9-11(26-7(2)23)12(27-8(3)24)15(28-9)21-5-18-10-13(21)19-16(17)20-14(10)29/h5,9,11-12,15H,4H2,1-3H3,(H3,17,19,20,29)/t9-,11+,12-,15+/m0/s1. The molecule has 0 aromatic carbocycles. The van der Waals surface area contributed by atoms with Crippen LogP contribution in [0.1, 0.15) is 27.0 Å². The van der Waals surface area contributed by atoms with Crippen molar-refractivity contribution >= 4 is 47.2 Å². The molecule has 156 valence electrons. The molecule has 2 aromatic heterocycles. The number of anilines is 1. The first-order valence-electron chi connectivity index (χ1n) is 8.53. The lowest BCUT2D eigenvalue weighted by molar-refractivity contribution is -0.166. The van der Waals surface area contributed by atoms with Crippen LogP contribution in [-0.2, 0) is 33.3 Å². The van der Waals surface area contributed by atoms with Crippen LogP contribution in [0.25, 0.3) is 11.2 Å². The number of aromatic amines is 1. The molecule has 1 aliphatic rings. The number of nitrogens with one attached hydrogen (secondary N) is 1. The van der Waals surface area contributed by atoms with Crippen molar-refractivity contribution < 1.29 is 33.3 Å². The number of nitrogens with two attached hydrogens (primary N) is 1. The van der Waals surface area contributed by atoms with Gasteiger partial charge in [-0.1, -0.05) is 12.2 Å². The summed E-state index contributed by atoms with van der Waals surface area (Å²) in [6.45, 7) is 3.43. The molecule has 1 aliphatic heterocycles. The van der Waals surface area contributed by atoms with Crippen molar-refractivity contribution in [2.45, 2.75) is 45.3 Å². The van der Waals surface area contributed by atoms with Crippen LogP contribution in [0.2, 0.25) is 0 Å². The summed E-state index contributed by atoms with van der Waals surface area (Å²) < 4.78 is 23.3. The van der Waals surface area contributed by atoms with Gasteiger partial charge in [-0.05, 0) is 0 Å². The SMILES string of the molecule is CC(=O)OC[C@@H]1O[C@@H](n2cnc3c(=S)nc(N)[nH]c32)[C@@H](OC(C)=O)[C@@H]1OC(C)=O. The predicted molar refractivity (Wildman–Crippen MR) is 98.8 cm³/mol. The maximum absolute atomic E-state index is 11.7. The number of imidazole rings is 1. The van der Waals surface area contributed by atoms with Gasteiger partial charge in [0.15, 0.2) is 29.0 Å². The first kappa shape index (κ1) is 20.7. The highest BCUT2D eigenvalue weighted by Gasteiger charge is 2.51. The van der Waals surface area contributed by atoms with E-state index in [1.807, 2.05) is 0 Å². The molecule has 0 saturated carbocycles. The lowest BCUT2D eigenvalue weighted by atomic mass is 10.1. The van der Waals surface area contributed by atoms with Crippen molar-refractivity contribution in [3.63, 3.8) is 0 Å². The number of carbonyl (C=O) groups excluding carboxylic acids is 3. The number of H-pyrrole nitrogens is 1. The fraction of sp³-hybridized carbons (Fsp3) is 0.500. The van der Waals surface area contributed by atoms with E-state index in [-0.39, 0.29) is 17.2 Å². The molecule has 0 bridgehead atoms. The van der Waals surface area contributed by atoms with Crippen LogP contribution in [-0.4, -0.2) is 62.3 Å². The van der Waals surface area contributed by atoms with Gasteiger partial charge < -0.3 is 29.7 Å². The summed E-state index contributed by atoms with van der Waals surface area (Å²) in [6.07, 6.45) is -2.54. The van der Waals surface area contributed by atoms with Crippen molar-refractivity contribution in [1.29, 1.82) is 0 Å². The van der Waals surface area contributed by atoms with E-state index in [1.165, 1.54) is 31.7 Å². The second-order valence-electron chi connectivity index (χ2n) is 6.29. The number of hydrogen-bond donors (Lipinski definition) is 2. The molecule has 12 nitrogen and oxygen atoms in total. The maximum atomic E-state index is 11.7. The molecule has 0 radical (unpaired) electrons. The van der Waals surface area contributed by atoms with Gasteiger partial charge in [0, 0.05) is 20.8 Å². The van der Waals surface area contributed by atoms with E-state index in [1.54, 1.807) is 0 Å². The van der Waals surface area contributed by atoms with E-state index < -0.39 is 42.4 Å². The lowest BCUT2D eigenvalue weighted by Gasteiger charge is -2.23. The van der Waals surface area contributed by atoms with Gasteiger partial charge in [0.05, 0.1) is 6.33 Å². The van der Waals surface area contributed by atoms with Crippen LogP contribution in [0.3, 0.4) is 0 Å². The Morgan fingerprint density at radius 3 is 2.48 bits per heavy atom. The van der Waals surface area contributed by atoms with Gasteiger partial charge >= 0.3 is 17.9 Å². The molecule has 0 amide bonds. The Morgan fingerprint density at radius 1 is 1.21 bits per heavy atom. The van der Waals surface area contributed by atoms with E-state index in [4.69, 9.17) is 36.9 Å². The molecule has 0 unspecified atom stereocenters. The monoisotopic (exact) mass is 425 g/mol. The van der Waals surface area contributed by atoms with Crippen LogP contribution in [0, 0.1) is 4.64 Å². The Hall–Kier alpha value is -3.06. The zero-order valence-electron chi connectivity index (χ0n) is 15.8. The summed E-state index contributed by atoms with van der Waals surface area (Å²) >= 11 is 5.16. The highest BCUT2D eigenvalue weighted by atomic mass is 32.1. The molecule has 3 N–H and O–H groups in total. The van der Waals surface area contributed by atoms with Crippen molar-refractivity contribution in [3.8, 4) is 0 Å². The molecule has 4 atom stereocenters. The largest absolute Gasteiger partial charge is 0.463 e. The van der Waals surface area contributed by atoms with Crippen molar-refractivity contribution in [1.82, 2.24) is 19.5 Å². The quantitative estimate of drug-likeness (QED) is 0.387. The van der Waals surface area contributed by atoms with Gasteiger partial charge in [-0.15, -0.1) is 0 Å². The topological polar surface area (TPSA) is 161 Å². The summed E-state index contributed by atoms with van der Waals surface area (Å²) in [6, 6.07) is 0. The molecule has 3 rings (SSSR count). The molecule has 13 heteroatoms. The van der Waals surface area contributed by atoms with Crippen molar-refractivity contribution in [2.24, 2.45) is 0 Å². The van der Waals surface area contributed by atoms with E-state index in [9.17, 15) is 14.4 Å². The molecule has 0 aliphatic carbocycles. The zero-order valence-corrected chi connectivity index (χ0v) is 16.6. The number of nitrogen functional groups attached to an aromatic ring is 1. The number of aromatic nitrogens is 4. The third-order valence-electron chi connectivity index (χ3n) is 4.08. The number of ether oxygens (including phenoxy) is 4. The fourth-order valence-electron chi connectivity index (χ4n) is 3.06. The molecule has 29 heavy (non-hydrogen) atoms. The number of esters is 3. The van der Waals surface area contributed by atoms with Crippen LogP contribution in [0.15, 0.2) is 6.33 Å². The van der Waals surface area contributed by atoms with E-state index in [2.05, 4.69) is 15.0 Å². The number of carbonyl (C=O) groups is 3. The van der Waals surface area contributed by atoms with Gasteiger partial charge in [-0.25, -0.2) is 9.97 Å². The first-order valence-corrected chi connectivity index (χ1v) is 8.93. The lowest BCUT2D eigenvalue weighted by Crippen LogP contribution is -2.40. The summed E-state index contributed by atoms with van der Waals surface area (Å²) in [7, 11) is 0. The second-order valence-corrected chi connectivity index (χ2v) is 6.68. The third kappa shape index (κ3) is 4.35. The summed E-state index contributed by atoms with van der Waals surface area (Å²) in [5.74, 6) is -1.72. The van der Waals surface area contributed by atoms with Crippen LogP contribution in [0.5, 0.6) is 0 Å². The van der Waals surface area contributed by atoms with E-state index in [0.717, 1.165) is 0 Å². The third-order valence-corrected chi connectivity index (χ3v) is 4.36. The Labute approximate surface area is 169 Å². The van der Waals surface area contributed by atoms with E-state index >= 15 is 0 Å². The van der Waals surface area contributed by atoms with Crippen LogP contribution in [0.4, 0.5) is 5.95 Å². The Balaban J connectivity index is 2.05. The van der Waals surface area contributed by atoms with Gasteiger partial charge in [0.25, 0.3) is 0 Å². The Morgan fingerprint density at radius 2 is 1.86 bits per heavy atom. The van der Waals surface area contributed by atoms with Gasteiger partial charge in [0.1, 0.15) is 23.9 Å². The molecule has 2 aromatic rings. The summed E-state index contributed by atoms with van der Waals surface area (Å²) in [5, 5.41) is 0. The van der Waals surface area contributed by atoms with Crippen LogP contribution < -0.4 is 5.73 Å². The van der Waals surface area contributed by atoms with Crippen molar-refractivity contribution in [3.05, 3.63) is 11.0 Å². The second kappa shape index (κ2) is 8.13. The Kier molecular flexibility index (Phi) is 5.79. The average molecular weight is 425 g/mol. The number of hydrogen-bond acceptors (Lipinski definition) is 11. The normalized spacial score (nSPS) is 23.7. The highest BCUT2D eigenvalue weighted by molar-refractivity contribution is 7.71. The van der Waals surface area contributed by atoms with Gasteiger partial charge in [0.2, 0.25) is 0 Å². The molecule has 1 saturated heterocycles. The molecule has 0 spiro atoms. The van der Waals surface area contributed by atoms with Crippen molar-refractivity contribution in [2.75, 3.05) is 12.3 Å². The molecular weight excluding hydrogens is 406 g/mol.